The van der Waals surface area contributed by atoms with Crippen LogP contribution in [0.4, 0.5) is 10.9 Å². The summed E-state index contributed by atoms with van der Waals surface area (Å²) in [6.07, 6.45) is 4.35. The summed E-state index contributed by atoms with van der Waals surface area (Å²) in [5, 5.41) is 13.1. The minimum Gasteiger partial charge on any atom is -0.380 e. The van der Waals surface area contributed by atoms with Gasteiger partial charge < -0.3 is 15.0 Å². The summed E-state index contributed by atoms with van der Waals surface area (Å²) >= 11 is 1.50. The average Bonchev–Trinajstić information content (AvgIpc) is 3.40. The van der Waals surface area contributed by atoms with Gasteiger partial charge in [0.25, 0.3) is 0 Å². The monoisotopic (exact) mass is 357 g/mol. The van der Waals surface area contributed by atoms with Gasteiger partial charge in [-0.1, -0.05) is 11.3 Å². The number of thiazole rings is 1. The number of amides is 1. The maximum atomic E-state index is 12.1. The molecule has 0 aromatic carbocycles. The number of carbonyl (C=O) groups excluding carboxylic acids is 1. The molecule has 4 rings (SSSR count). The zero-order valence-electron chi connectivity index (χ0n) is 13.9. The lowest BCUT2D eigenvalue weighted by molar-refractivity contribution is -0.117. The number of nitrogens with one attached hydrogen (secondary N) is 1. The first kappa shape index (κ1) is 16.2. The molecular weight excluding hydrogens is 338 g/mol. The van der Waals surface area contributed by atoms with Gasteiger partial charge in [-0.2, -0.15) is 5.26 Å². The van der Waals surface area contributed by atoms with E-state index in [9.17, 15) is 10.1 Å². The topological polar surface area (TPSA) is 91.1 Å². The van der Waals surface area contributed by atoms with Crippen molar-refractivity contribution in [3.05, 3.63) is 12.3 Å². The van der Waals surface area contributed by atoms with Crippen molar-refractivity contribution in [3.8, 4) is 6.07 Å². The maximum Gasteiger partial charge on any atom is 0.228 e. The van der Waals surface area contributed by atoms with Crippen LogP contribution in [-0.4, -0.2) is 42.2 Å². The molecule has 2 aromatic heterocycles. The molecule has 1 N–H and O–H groups in total. The summed E-state index contributed by atoms with van der Waals surface area (Å²) in [5.41, 5.74) is 0.814. The molecular formula is C17H19N5O2S. The minimum atomic E-state index is -0.0714. The van der Waals surface area contributed by atoms with Gasteiger partial charge in [0.15, 0.2) is 10.9 Å². The predicted octanol–water partition coefficient (Wildman–Crippen LogP) is 2.40. The maximum absolute atomic E-state index is 12.1. The number of aromatic nitrogens is 2. The normalized spacial score (nSPS) is 23.4. The van der Waals surface area contributed by atoms with Gasteiger partial charge in [0.2, 0.25) is 5.91 Å². The van der Waals surface area contributed by atoms with Crippen molar-refractivity contribution >= 4 is 38.4 Å². The number of piperidine rings is 1. The fourth-order valence-electron chi connectivity index (χ4n) is 3.11. The van der Waals surface area contributed by atoms with Gasteiger partial charge in [0.1, 0.15) is 0 Å². The molecule has 130 valence electrons. The molecule has 1 aliphatic carbocycles. The Bertz CT molecular complexity index is 841. The third kappa shape index (κ3) is 3.30. The van der Waals surface area contributed by atoms with Crippen molar-refractivity contribution in [3.63, 3.8) is 0 Å². The fourth-order valence-corrected chi connectivity index (χ4v) is 4.13. The zero-order valence-corrected chi connectivity index (χ0v) is 14.8. The summed E-state index contributed by atoms with van der Waals surface area (Å²) < 4.78 is 6.35. The van der Waals surface area contributed by atoms with Crippen molar-refractivity contribution in [1.29, 1.82) is 5.26 Å². The molecule has 0 bridgehead atoms. The summed E-state index contributed by atoms with van der Waals surface area (Å²) in [6.45, 7) is 1.36. The summed E-state index contributed by atoms with van der Waals surface area (Å²) in [4.78, 5) is 23.2. The SMILES string of the molecule is COC1CC(C#N)CN(c2nc3ccnc(NC(=O)C4CC4)c3s2)C1. The lowest BCUT2D eigenvalue weighted by atomic mass is 9.98. The van der Waals surface area contributed by atoms with E-state index in [0.29, 0.717) is 18.9 Å². The second-order valence-electron chi connectivity index (χ2n) is 6.59. The number of hydrogen-bond donors (Lipinski definition) is 1. The Balaban J connectivity index is 1.62. The predicted molar refractivity (Wildman–Crippen MR) is 95.5 cm³/mol. The molecule has 7 nitrogen and oxygen atoms in total. The Kier molecular flexibility index (Phi) is 4.27. The van der Waals surface area contributed by atoms with E-state index in [1.54, 1.807) is 13.3 Å². The third-order valence-corrected chi connectivity index (χ3v) is 5.82. The van der Waals surface area contributed by atoms with Crippen LogP contribution in [0, 0.1) is 23.2 Å². The molecule has 0 spiro atoms. The van der Waals surface area contributed by atoms with E-state index < -0.39 is 0 Å². The van der Waals surface area contributed by atoms with Gasteiger partial charge in [-0.05, 0) is 25.3 Å². The molecule has 1 aliphatic heterocycles. The number of ether oxygens (including phenoxy) is 1. The highest BCUT2D eigenvalue weighted by Gasteiger charge is 2.31. The highest BCUT2D eigenvalue weighted by molar-refractivity contribution is 7.22. The highest BCUT2D eigenvalue weighted by Crippen LogP contribution is 2.36. The number of anilines is 2. The highest BCUT2D eigenvalue weighted by atomic mass is 32.1. The quantitative estimate of drug-likeness (QED) is 0.903. The Morgan fingerprint density at radius 1 is 1.48 bits per heavy atom. The van der Waals surface area contributed by atoms with Crippen molar-refractivity contribution in [2.75, 3.05) is 30.4 Å². The molecule has 1 saturated carbocycles. The number of methoxy groups -OCH3 is 1. The van der Waals surface area contributed by atoms with Crippen molar-refractivity contribution in [1.82, 2.24) is 9.97 Å². The Morgan fingerprint density at radius 3 is 3.04 bits per heavy atom. The molecule has 2 atom stereocenters. The van der Waals surface area contributed by atoms with Crippen molar-refractivity contribution in [2.24, 2.45) is 11.8 Å². The van der Waals surface area contributed by atoms with Crippen LogP contribution in [0.5, 0.6) is 0 Å². The van der Waals surface area contributed by atoms with E-state index in [-0.39, 0.29) is 23.8 Å². The van der Waals surface area contributed by atoms with Gasteiger partial charge in [-0.25, -0.2) is 9.97 Å². The molecule has 3 heterocycles. The van der Waals surface area contributed by atoms with Crippen molar-refractivity contribution in [2.45, 2.75) is 25.4 Å². The smallest absolute Gasteiger partial charge is 0.228 e. The minimum absolute atomic E-state index is 0.0255. The summed E-state index contributed by atoms with van der Waals surface area (Å²) in [5.74, 6) is 0.676. The van der Waals surface area contributed by atoms with Gasteiger partial charge in [-0.3, -0.25) is 4.79 Å². The van der Waals surface area contributed by atoms with Gasteiger partial charge in [0, 0.05) is 32.3 Å². The number of fused-ring (bicyclic) bond motifs is 1. The molecule has 2 aliphatic rings. The number of carbonyl (C=O) groups is 1. The molecule has 8 heteroatoms. The van der Waals surface area contributed by atoms with E-state index in [1.165, 1.54) is 11.3 Å². The first-order chi connectivity index (χ1) is 12.2. The van der Waals surface area contributed by atoms with Crippen molar-refractivity contribution < 1.29 is 9.53 Å². The molecule has 25 heavy (non-hydrogen) atoms. The molecule has 2 unspecified atom stereocenters. The molecule has 2 aromatic rings. The molecule has 1 saturated heterocycles. The van der Waals surface area contributed by atoms with Crippen LogP contribution in [0.2, 0.25) is 0 Å². The first-order valence-electron chi connectivity index (χ1n) is 8.41. The zero-order chi connectivity index (χ0) is 17.4. The van der Waals surface area contributed by atoms with Crippen LogP contribution in [-0.2, 0) is 9.53 Å². The Morgan fingerprint density at radius 2 is 2.32 bits per heavy atom. The van der Waals surface area contributed by atoms with Gasteiger partial charge in [0.05, 0.1) is 28.3 Å². The average molecular weight is 357 g/mol. The van der Waals surface area contributed by atoms with E-state index in [2.05, 4.69) is 21.3 Å². The second kappa shape index (κ2) is 6.58. The van der Waals surface area contributed by atoms with Crippen LogP contribution < -0.4 is 10.2 Å². The first-order valence-corrected chi connectivity index (χ1v) is 9.23. The Labute approximate surface area is 149 Å². The number of pyridine rings is 1. The molecule has 2 fully saturated rings. The van der Waals surface area contributed by atoms with Crippen LogP contribution in [0.1, 0.15) is 19.3 Å². The largest absolute Gasteiger partial charge is 0.380 e. The second-order valence-corrected chi connectivity index (χ2v) is 7.57. The lowest BCUT2D eigenvalue weighted by Gasteiger charge is -2.34. The number of nitriles is 1. The van der Waals surface area contributed by atoms with Gasteiger partial charge >= 0.3 is 0 Å². The number of nitrogens with zero attached hydrogens (tertiary/aromatic N) is 4. The van der Waals surface area contributed by atoms with Crippen LogP contribution in [0.25, 0.3) is 10.2 Å². The summed E-state index contributed by atoms with van der Waals surface area (Å²) in [7, 11) is 1.68. The standard InChI is InChI=1S/C17H19N5O2S/c1-24-12-6-10(7-18)8-22(9-12)17-20-13-4-5-19-15(14(13)25-17)21-16(23)11-2-3-11/h4-5,10-12H,2-3,6,8-9H2,1H3,(H,19,21,23). The van der Waals surface area contributed by atoms with Crippen LogP contribution in [0.15, 0.2) is 12.3 Å². The van der Waals surface area contributed by atoms with E-state index in [4.69, 9.17) is 9.72 Å². The molecule has 1 amide bonds. The fraction of sp³-hybridized carbons (Fsp3) is 0.529. The Hall–Kier alpha value is -2.24. The molecule has 0 radical (unpaired) electrons. The number of rotatable bonds is 4. The van der Waals surface area contributed by atoms with E-state index in [1.807, 2.05) is 6.07 Å². The van der Waals surface area contributed by atoms with Gasteiger partial charge in [-0.15, -0.1) is 0 Å². The lowest BCUT2D eigenvalue weighted by Crippen LogP contribution is -2.43. The third-order valence-electron chi connectivity index (χ3n) is 4.68. The summed E-state index contributed by atoms with van der Waals surface area (Å²) in [6, 6.07) is 4.19. The van der Waals surface area contributed by atoms with E-state index >= 15 is 0 Å². The number of hydrogen-bond acceptors (Lipinski definition) is 7. The van der Waals surface area contributed by atoms with Crippen LogP contribution >= 0.6 is 11.3 Å². The van der Waals surface area contributed by atoms with E-state index in [0.717, 1.165) is 34.6 Å². The van der Waals surface area contributed by atoms with Crippen LogP contribution in [0.3, 0.4) is 0 Å².